The van der Waals surface area contributed by atoms with Gasteiger partial charge in [-0.3, -0.25) is 9.59 Å². The van der Waals surface area contributed by atoms with Crippen LogP contribution in [-0.2, 0) is 23.8 Å². The Balaban J connectivity index is 4.24. The predicted octanol–water partition coefficient (Wildman–Crippen LogP) is 20.1. The van der Waals surface area contributed by atoms with Gasteiger partial charge in [0.05, 0.1) is 6.61 Å². The number of allylic oxidation sites excluding steroid dienone is 6. The highest BCUT2D eigenvalue weighted by Gasteiger charge is 2.17. The molecule has 1 atom stereocenters. The number of rotatable bonds is 55. The zero-order valence-corrected chi connectivity index (χ0v) is 44.7. The molecule has 5 nitrogen and oxygen atoms in total. The SMILES string of the molecule is CCCCC/C=C\C/C=C\CCCCCCCCCCCC(=O)O[C@H](COCCCCCCCCCCCCCCCCCC)COC(=O)CCCCCCCCC/C=C\CCCCCC. The summed E-state index contributed by atoms with van der Waals surface area (Å²) in [7, 11) is 0. The van der Waals surface area contributed by atoms with Gasteiger partial charge in [-0.1, -0.05) is 263 Å². The van der Waals surface area contributed by atoms with Crippen molar-refractivity contribution in [1.82, 2.24) is 0 Å². The first-order valence-electron chi connectivity index (χ1n) is 29.5. The molecule has 0 spiro atoms. The molecule has 66 heavy (non-hydrogen) atoms. The van der Waals surface area contributed by atoms with E-state index in [4.69, 9.17) is 14.2 Å². The van der Waals surface area contributed by atoms with Crippen LogP contribution in [0.1, 0.15) is 316 Å². The van der Waals surface area contributed by atoms with Crippen LogP contribution in [0.4, 0.5) is 0 Å². The average Bonchev–Trinajstić information content (AvgIpc) is 3.32. The molecule has 0 N–H and O–H groups in total. The van der Waals surface area contributed by atoms with E-state index in [2.05, 4.69) is 57.2 Å². The van der Waals surface area contributed by atoms with E-state index >= 15 is 0 Å². The van der Waals surface area contributed by atoms with Crippen LogP contribution in [0.25, 0.3) is 0 Å². The van der Waals surface area contributed by atoms with Crippen LogP contribution in [0.5, 0.6) is 0 Å². The maximum absolute atomic E-state index is 12.9. The van der Waals surface area contributed by atoms with Crippen LogP contribution < -0.4 is 0 Å². The van der Waals surface area contributed by atoms with Crippen molar-refractivity contribution >= 4 is 11.9 Å². The van der Waals surface area contributed by atoms with E-state index in [1.165, 1.54) is 244 Å². The van der Waals surface area contributed by atoms with Crippen molar-refractivity contribution in [2.45, 2.75) is 322 Å². The Morgan fingerprint density at radius 3 is 1.06 bits per heavy atom. The summed E-state index contributed by atoms with van der Waals surface area (Å²) < 4.78 is 17.5. The van der Waals surface area contributed by atoms with Gasteiger partial charge in [0.2, 0.25) is 0 Å². The van der Waals surface area contributed by atoms with E-state index in [-0.39, 0.29) is 18.5 Å². The fourth-order valence-corrected chi connectivity index (χ4v) is 8.71. The summed E-state index contributed by atoms with van der Waals surface area (Å²) in [6.45, 7) is 7.85. The Hall–Kier alpha value is -1.88. The third-order valence-electron chi connectivity index (χ3n) is 13.1. The Bertz CT molecular complexity index is 1050. The number of hydrogen-bond acceptors (Lipinski definition) is 5. The second-order valence-electron chi connectivity index (χ2n) is 19.9. The van der Waals surface area contributed by atoms with Gasteiger partial charge in [-0.25, -0.2) is 0 Å². The van der Waals surface area contributed by atoms with Crippen LogP contribution in [0.15, 0.2) is 36.5 Å². The normalized spacial score (nSPS) is 12.3. The van der Waals surface area contributed by atoms with Crippen molar-refractivity contribution in [3.63, 3.8) is 0 Å². The number of hydrogen-bond donors (Lipinski definition) is 0. The van der Waals surface area contributed by atoms with Crippen molar-refractivity contribution in [3.05, 3.63) is 36.5 Å². The van der Waals surface area contributed by atoms with Crippen molar-refractivity contribution in [2.24, 2.45) is 0 Å². The second kappa shape index (κ2) is 57.4. The maximum atomic E-state index is 12.9. The lowest BCUT2D eigenvalue weighted by Gasteiger charge is -2.18. The molecule has 0 aromatic rings. The van der Waals surface area contributed by atoms with Gasteiger partial charge in [0.15, 0.2) is 6.10 Å². The topological polar surface area (TPSA) is 61.8 Å². The molecule has 0 saturated heterocycles. The highest BCUT2D eigenvalue weighted by molar-refractivity contribution is 5.70. The van der Waals surface area contributed by atoms with Crippen LogP contribution >= 0.6 is 0 Å². The lowest BCUT2D eigenvalue weighted by Crippen LogP contribution is -2.30. The molecule has 0 heterocycles. The highest BCUT2D eigenvalue weighted by atomic mass is 16.6. The summed E-state index contributed by atoms with van der Waals surface area (Å²) in [5.41, 5.74) is 0. The summed E-state index contributed by atoms with van der Waals surface area (Å²) in [5.74, 6) is -0.388. The summed E-state index contributed by atoms with van der Waals surface area (Å²) in [4.78, 5) is 25.5. The highest BCUT2D eigenvalue weighted by Crippen LogP contribution is 2.16. The van der Waals surface area contributed by atoms with Crippen LogP contribution in [0.3, 0.4) is 0 Å². The van der Waals surface area contributed by atoms with Gasteiger partial charge in [-0.05, 0) is 77.0 Å². The third-order valence-corrected chi connectivity index (χ3v) is 13.1. The molecule has 0 saturated carbocycles. The summed E-state index contributed by atoms with van der Waals surface area (Å²) in [6, 6.07) is 0. The van der Waals surface area contributed by atoms with Crippen LogP contribution in [0.2, 0.25) is 0 Å². The monoisotopic (exact) mass is 927 g/mol. The van der Waals surface area contributed by atoms with Crippen molar-refractivity contribution in [2.75, 3.05) is 19.8 Å². The Labute approximate surface area is 412 Å². The van der Waals surface area contributed by atoms with Gasteiger partial charge in [0.25, 0.3) is 0 Å². The first-order chi connectivity index (χ1) is 32.6. The summed E-state index contributed by atoms with van der Waals surface area (Å²) in [6.07, 6.45) is 70.2. The smallest absolute Gasteiger partial charge is 0.306 e. The minimum Gasteiger partial charge on any atom is -0.462 e. The molecule has 5 heteroatoms. The second-order valence-corrected chi connectivity index (χ2v) is 19.9. The minimum absolute atomic E-state index is 0.0868. The summed E-state index contributed by atoms with van der Waals surface area (Å²) >= 11 is 0. The van der Waals surface area contributed by atoms with Crippen molar-refractivity contribution in [1.29, 1.82) is 0 Å². The number of esters is 2. The van der Waals surface area contributed by atoms with E-state index in [0.29, 0.717) is 26.1 Å². The molecule has 0 aromatic carbocycles. The van der Waals surface area contributed by atoms with Gasteiger partial charge in [-0.2, -0.15) is 0 Å². The number of carbonyl (C=O) groups excluding carboxylic acids is 2. The van der Waals surface area contributed by atoms with E-state index in [1.807, 2.05) is 0 Å². The molecule has 0 bridgehead atoms. The van der Waals surface area contributed by atoms with Gasteiger partial charge in [0, 0.05) is 19.4 Å². The number of ether oxygens (including phenoxy) is 3. The quantitative estimate of drug-likeness (QED) is 0.0345. The Kier molecular flexibility index (Phi) is 55.8. The molecule has 0 amide bonds. The predicted molar refractivity (Wildman–Crippen MR) is 288 cm³/mol. The van der Waals surface area contributed by atoms with Gasteiger partial charge in [-0.15, -0.1) is 0 Å². The van der Waals surface area contributed by atoms with Crippen LogP contribution in [-0.4, -0.2) is 37.9 Å². The molecule has 0 radical (unpaired) electrons. The zero-order valence-electron chi connectivity index (χ0n) is 44.7. The Morgan fingerprint density at radius 2 is 0.636 bits per heavy atom. The standard InChI is InChI=1S/C61H114O5/c1-4-7-10-13-16-19-22-25-28-30-31-32-34-37-40-43-46-49-52-55-61(63)66-59(57-64-56-53-50-47-44-41-38-35-29-26-23-20-17-14-11-8-5-2)58-65-60(62)54-51-48-45-42-39-36-33-27-24-21-18-15-12-9-6-3/h16,19,21,24-25,28,59H,4-15,17-18,20,22-23,26-27,29-58H2,1-3H3/b19-16-,24-21-,28-25-/t59-/m1/s1. The molecular weight excluding hydrogens is 813 g/mol. The molecule has 0 rings (SSSR count). The van der Waals surface area contributed by atoms with E-state index in [1.54, 1.807) is 0 Å². The molecule has 0 aliphatic rings. The third kappa shape index (κ3) is 54.7. The van der Waals surface area contributed by atoms with E-state index in [0.717, 1.165) is 38.5 Å². The Morgan fingerprint density at radius 1 is 0.333 bits per heavy atom. The average molecular weight is 928 g/mol. The first kappa shape index (κ1) is 64.1. The van der Waals surface area contributed by atoms with Crippen molar-refractivity contribution in [3.8, 4) is 0 Å². The molecule has 388 valence electrons. The first-order valence-corrected chi connectivity index (χ1v) is 29.5. The fourth-order valence-electron chi connectivity index (χ4n) is 8.71. The minimum atomic E-state index is -0.536. The van der Waals surface area contributed by atoms with Gasteiger partial charge >= 0.3 is 11.9 Å². The molecule has 0 aliphatic heterocycles. The van der Waals surface area contributed by atoms with Crippen molar-refractivity contribution < 1.29 is 23.8 Å². The largest absolute Gasteiger partial charge is 0.462 e. The van der Waals surface area contributed by atoms with E-state index < -0.39 is 6.10 Å². The summed E-state index contributed by atoms with van der Waals surface area (Å²) in [5, 5.41) is 0. The number of unbranched alkanes of at least 4 members (excludes halogenated alkanes) is 38. The fraction of sp³-hybridized carbons (Fsp3) is 0.869. The van der Waals surface area contributed by atoms with Gasteiger partial charge < -0.3 is 14.2 Å². The lowest BCUT2D eigenvalue weighted by atomic mass is 10.0. The lowest BCUT2D eigenvalue weighted by molar-refractivity contribution is -0.163. The van der Waals surface area contributed by atoms with Crippen LogP contribution in [0, 0.1) is 0 Å². The molecule has 0 unspecified atom stereocenters. The molecule has 0 aliphatic carbocycles. The van der Waals surface area contributed by atoms with E-state index in [9.17, 15) is 9.59 Å². The zero-order chi connectivity index (χ0) is 47.7. The molecule has 0 aromatic heterocycles. The van der Waals surface area contributed by atoms with Gasteiger partial charge in [0.1, 0.15) is 6.61 Å². The maximum Gasteiger partial charge on any atom is 0.306 e. The molecule has 0 fully saturated rings. The number of carbonyl (C=O) groups is 2. The molecular formula is C61H114O5.